The van der Waals surface area contributed by atoms with Crippen molar-refractivity contribution in [1.29, 1.82) is 0 Å². The van der Waals surface area contributed by atoms with E-state index in [2.05, 4.69) is 6.58 Å². The highest BCUT2D eigenvalue weighted by molar-refractivity contribution is 5.71. The van der Waals surface area contributed by atoms with Gasteiger partial charge in [-0.25, -0.2) is 0 Å². The van der Waals surface area contributed by atoms with Crippen LogP contribution in [-0.4, -0.2) is 12.7 Å². The zero-order chi connectivity index (χ0) is 11.8. The summed E-state index contributed by atoms with van der Waals surface area (Å²) in [6.07, 6.45) is 3.80. The number of fused-ring (bicyclic) bond motifs is 1. The largest absolute Gasteiger partial charge is 0.496 e. The molecule has 0 aliphatic carbocycles. The minimum Gasteiger partial charge on any atom is -0.496 e. The summed E-state index contributed by atoms with van der Waals surface area (Å²) in [5.74, 6) is 1.71. The van der Waals surface area contributed by atoms with E-state index >= 15 is 0 Å². The smallest absolute Gasteiger partial charge is 0.131 e. The van der Waals surface area contributed by atoms with Gasteiger partial charge in [0.15, 0.2) is 0 Å². The van der Waals surface area contributed by atoms with Crippen LogP contribution in [0.4, 0.5) is 0 Å². The first-order valence-electron chi connectivity index (χ1n) is 5.28. The first-order valence-corrected chi connectivity index (χ1v) is 5.28. The van der Waals surface area contributed by atoms with E-state index in [-0.39, 0.29) is 5.60 Å². The topological polar surface area (TPSA) is 18.5 Å². The van der Waals surface area contributed by atoms with Gasteiger partial charge in [0.1, 0.15) is 17.1 Å². The highest BCUT2D eigenvalue weighted by Crippen LogP contribution is 2.36. The van der Waals surface area contributed by atoms with Crippen molar-refractivity contribution >= 4 is 11.8 Å². The molecule has 2 rings (SSSR count). The average Bonchev–Trinajstić information content (AvgIpc) is 2.26. The summed E-state index contributed by atoms with van der Waals surface area (Å²) in [6, 6.07) is 5.97. The first-order chi connectivity index (χ1) is 7.55. The van der Waals surface area contributed by atoms with E-state index in [1.54, 1.807) is 7.11 Å². The number of hydrogen-bond donors (Lipinski definition) is 0. The van der Waals surface area contributed by atoms with Gasteiger partial charge in [0.05, 0.1) is 12.7 Å². The molecule has 0 fully saturated rings. The molecular formula is C14H16O2. The van der Waals surface area contributed by atoms with Gasteiger partial charge in [0, 0.05) is 6.08 Å². The molecule has 0 saturated heterocycles. The van der Waals surface area contributed by atoms with Crippen molar-refractivity contribution in [1.82, 2.24) is 0 Å². The number of ether oxygens (including phenoxy) is 2. The molecular weight excluding hydrogens is 200 g/mol. The zero-order valence-electron chi connectivity index (χ0n) is 9.91. The van der Waals surface area contributed by atoms with Gasteiger partial charge in [-0.3, -0.25) is 0 Å². The van der Waals surface area contributed by atoms with Crippen molar-refractivity contribution in [3.63, 3.8) is 0 Å². The molecule has 2 heteroatoms. The molecule has 0 radical (unpaired) electrons. The van der Waals surface area contributed by atoms with E-state index < -0.39 is 0 Å². The Balaban J connectivity index is 2.56. The lowest BCUT2D eigenvalue weighted by atomic mass is 9.99. The van der Waals surface area contributed by atoms with Crippen LogP contribution in [0, 0.1) is 0 Å². The molecule has 84 valence electrons. The molecule has 0 saturated carbocycles. The van der Waals surface area contributed by atoms with Crippen LogP contribution in [0.5, 0.6) is 5.75 Å². The quantitative estimate of drug-likeness (QED) is 0.753. The maximum absolute atomic E-state index is 5.86. The summed E-state index contributed by atoms with van der Waals surface area (Å²) in [5, 5.41) is 0. The molecule has 1 aliphatic rings. The molecule has 16 heavy (non-hydrogen) atoms. The Hall–Kier alpha value is -1.70. The SMILES string of the molecule is C=Cc1ccc2c(c1)C(OC)=CC(C)(C)O2. The molecule has 1 heterocycles. The van der Waals surface area contributed by atoms with Crippen molar-refractivity contribution in [2.45, 2.75) is 19.4 Å². The van der Waals surface area contributed by atoms with E-state index in [1.807, 2.05) is 44.2 Å². The maximum Gasteiger partial charge on any atom is 0.131 e. The summed E-state index contributed by atoms with van der Waals surface area (Å²) in [5.41, 5.74) is 1.72. The monoisotopic (exact) mass is 216 g/mol. The second-order valence-corrected chi connectivity index (χ2v) is 4.38. The van der Waals surface area contributed by atoms with Gasteiger partial charge in [-0.2, -0.15) is 0 Å². The Kier molecular flexibility index (Phi) is 2.50. The van der Waals surface area contributed by atoms with Gasteiger partial charge in [0.2, 0.25) is 0 Å². The predicted octanol–water partition coefficient (Wildman–Crippen LogP) is 3.49. The normalized spacial score (nSPS) is 16.8. The molecule has 1 aliphatic heterocycles. The molecule has 1 aromatic rings. The van der Waals surface area contributed by atoms with Crippen molar-refractivity contribution in [3.05, 3.63) is 42.0 Å². The molecule has 1 aromatic carbocycles. The van der Waals surface area contributed by atoms with Crippen LogP contribution >= 0.6 is 0 Å². The zero-order valence-corrected chi connectivity index (χ0v) is 9.91. The molecule has 0 N–H and O–H groups in total. The number of benzene rings is 1. The third-order valence-electron chi connectivity index (χ3n) is 2.58. The number of hydrogen-bond acceptors (Lipinski definition) is 2. The Bertz CT molecular complexity index is 456. The average molecular weight is 216 g/mol. The fourth-order valence-corrected chi connectivity index (χ4v) is 1.83. The van der Waals surface area contributed by atoms with Gasteiger partial charge in [-0.05, 0) is 31.5 Å². The number of rotatable bonds is 2. The van der Waals surface area contributed by atoms with Gasteiger partial charge < -0.3 is 9.47 Å². The lowest BCUT2D eigenvalue weighted by molar-refractivity contribution is 0.151. The van der Waals surface area contributed by atoms with E-state index in [0.717, 1.165) is 22.6 Å². The fourth-order valence-electron chi connectivity index (χ4n) is 1.83. The highest BCUT2D eigenvalue weighted by atomic mass is 16.5. The van der Waals surface area contributed by atoms with Crippen LogP contribution < -0.4 is 4.74 Å². The Morgan fingerprint density at radius 1 is 1.38 bits per heavy atom. The summed E-state index contributed by atoms with van der Waals surface area (Å²) in [4.78, 5) is 0. The summed E-state index contributed by atoms with van der Waals surface area (Å²) < 4.78 is 11.3. The minimum atomic E-state index is -0.325. The summed E-state index contributed by atoms with van der Waals surface area (Å²) in [6.45, 7) is 7.78. The summed E-state index contributed by atoms with van der Waals surface area (Å²) >= 11 is 0. The Labute approximate surface area is 96.2 Å². The van der Waals surface area contributed by atoms with E-state index in [1.165, 1.54) is 0 Å². The van der Waals surface area contributed by atoms with Crippen molar-refractivity contribution in [3.8, 4) is 5.75 Å². The van der Waals surface area contributed by atoms with E-state index in [4.69, 9.17) is 9.47 Å². The van der Waals surface area contributed by atoms with E-state index in [0.29, 0.717) is 0 Å². The van der Waals surface area contributed by atoms with Crippen LogP contribution in [-0.2, 0) is 4.74 Å². The lowest BCUT2D eigenvalue weighted by Crippen LogP contribution is -2.29. The number of methoxy groups -OCH3 is 1. The highest BCUT2D eigenvalue weighted by Gasteiger charge is 2.27. The Morgan fingerprint density at radius 2 is 2.12 bits per heavy atom. The molecule has 0 spiro atoms. The third kappa shape index (κ3) is 1.83. The Morgan fingerprint density at radius 3 is 2.75 bits per heavy atom. The fraction of sp³-hybridized carbons (Fsp3) is 0.286. The lowest BCUT2D eigenvalue weighted by Gasteiger charge is -2.30. The maximum atomic E-state index is 5.86. The van der Waals surface area contributed by atoms with Gasteiger partial charge in [-0.15, -0.1) is 0 Å². The minimum absolute atomic E-state index is 0.325. The second-order valence-electron chi connectivity index (χ2n) is 4.38. The molecule has 0 atom stereocenters. The van der Waals surface area contributed by atoms with Crippen molar-refractivity contribution in [2.75, 3.05) is 7.11 Å². The van der Waals surface area contributed by atoms with Crippen LogP contribution in [0.2, 0.25) is 0 Å². The molecule has 0 bridgehead atoms. The molecule has 0 aromatic heterocycles. The molecule has 2 nitrogen and oxygen atoms in total. The van der Waals surface area contributed by atoms with Crippen LogP contribution in [0.3, 0.4) is 0 Å². The standard InChI is InChI=1S/C14H16O2/c1-5-10-6-7-12-11(8-10)13(15-4)9-14(2,3)16-12/h5-9H,1H2,2-4H3. The van der Waals surface area contributed by atoms with Crippen molar-refractivity contribution < 1.29 is 9.47 Å². The van der Waals surface area contributed by atoms with Gasteiger partial charge in [-0.1, -0.05) is 18.7 Å². The molecule has 0 amide bonds. The van der Waals surface area contributed by atoms with Gasteiger partial charge in [0.25, 0.3) is 0 Å². The predicted molar refractivity (Wildman–Crippen MR) is 66.2 cm³/mol. The van der Waals surface area contributed by atoms with Crippen LogP contribution in [0.25, 0.3) is 11.8 Å². The van der Waals surface area contributed by atoms with Crippen LogP contribution in [0.15, 0.2) is 30.9 Å². The second kappa shape index (κ2) is 3.71. The summed E-state index contributed by atoms with van der Waals surface area (Å²) in [7, 11) is 1.68. The molecule has 0 unspecified atom stereocenters. The van der Waals surface area contributed by atoms with Crippen molar-refractivity contribution in [2.24, 2.45) is 0 Å². The first kappa shape index (κ1) is 10.8. The van der Waals surface area contributed by atoms with E-state index in [9.17, 15) is 0 Å². The third-order valence-corrected chi connectivity index (χ3v) is 2.58. The van der Waals surface area contributed by atoms with Crippen LogP contribution in [0.1, 0.15) is 25.0 Å². The van der Waals surface area contributed by atoms with Gasteiger partial charge >= 0.3 is 0 Å².